The Morgan fingerprint density at radius 1 is 1.09 bits per heavy atom. The number of aryl methyl sites for hydroxylation is 1. The molecule has 10 heteroatoms. The maximum atomic E-state index is 12.6. The number of hydrogen-bond acceptors (Lipinski definition) is 8. The molecule has 3 rings (SSSR count). The number of rotatable bonds is 7. The molecule has 0 atom stereocenters. The Labute approximate surface area is 183 Å². The van der Waals surface area contributed by atoms with Gasteiger partial charge in [-0.2, -0.15) is 13.7 Å². The van der Waals surface area contributed by atoms with E-state index in [0.29, 0.717) is 11.1 Å². The number of carbonyl (C=O) groups is 1. The molecule has 32 heavy (non-hydrogen) atoms. The van der Waals surface area contributed by atoms with Crippen LogP contribution in [0.1, 0.15) is 27.0 Å². The molecular weight excluding hydrogens is 436 g/mol. The first-order chi connectivity index (χ1) is 15.2. The van der Waals surface area contributed by atoms with Gasteiger partial charge in [0, 0.05) is 12.1 Å². The van der Waals surface area contributed by atoms with Gasteiger partial charge >= 0.3 is 16.1 Å². The summed E-state index contributed by atoms with van der Waals surface area (Å²) in [4.78, 5) is 22.1. The summed E-state index contributed by atoms with van der Waals surface area (Å²) in [6.45, 7) is 1.46. The van der Waals surface area contributed by atoms with Crippen molar-refractivity contribution in [1.82, 2.24) is 0 Å². The lowest BCUT2D eigenvalue weighted by molar-refractivity contribution is -0.385. The first-order valence-electron chi connectivity index (χ1n) is 9.15. The van der Waals surface area contributed by atoms with Crippen LogP contribution in [0.25, 0.3) is 0 Å². The van der Waals surface area contributed by atoms with Gasteiger partial charge in [0.25, 0.3) is 5.69 Å². The fraction of sp³-hybridized carbons (Fsp3) is 0.0909. The fourth-order valence-corrected chi connectivity index (χ4v) is 3.93. The van der Waals surface area contributed by atoms with E-state index in [-0.39, 0.29) is 34.1 Å². The van der Waals surface area contributed by atoms with Crippen LogP contribution in [0.2, 0.25) is 0 Å². The number of non-ortho nitro benzene ring substituents is 1. The quantitative estimate of drug-likeness (QED) is 0.228. The number of carbonyl (C=O) groups excluding carboxylic acids is 1. The minimum absolute atomic E-state index is 0.0347. The zero-order valence-electron chi connectivity index (χ0n) is 16.7. The molecule has 0 unspecified atom stereocenters. The molecule has 0 fully saturated rings. The highest BCUT2D eigenvalue weighted by Gasteiger charge is 2.23. The second-order valence-corrected chi connectivity index (χ2v) is 8.17. The summed E-state index contributed by atoms with van der Waals surface area (Å²) in [6, 6.07) is 17.3. The van der Waals surface area contributed by atoms with Crippen LogP contribution in [0.4, 0.5) is 5.69 Å². The molecule has 3 aromatic rings. The molecule has 0 aliphatic rings. The van der Waals surface area contributed by atoms with Crippen molar-refractivity contribution >= 4 is 21.8 Å². The maximum absolute atomic E-state index is 12.6. The normalized spacial score (nSPS) is 10.8. The number of ether oxygens (including phenoxy) is 1. The summed E-state index contributed by atoms with van der Waals surface area (Å²) in [7, 11) is -4.33. The molecule has 0 spiro atoms. The molecule has 0 amide bonds. The Morgan fingerprint density at radius 3 is 2.47 bits per heavy atom. The molecule has 0 heterocycles. The summed E-state index contributed by atoms with van der Waals surface area (Å²) in [5, 5.41) is 19.8. The Morgan fingerprint density at radius 2 is 1.81 bits per heavy atom. The molecule has 0 aliphatic carbocycles. The third-order valence-corrected chi connectivity index (χ3v) is 5.76. The third-order valence-electron chi connectivity index (χ3n) is 4.37. The standard InChI is InChI=1S/C22H16N2O7S/c1-15-5-8-19(24(26)27)12-21(15)32(28,29)31-20-9-6-18(7-10-20)22(25)30-14-17-4-2-3-16(11-17)13-23/h2-12H,14H2,1H3. The highest BCUT2D eigenvalue weighted by atomic mass is 32.2. The second kappa shape index (κ2) is 9.28. The molecule has 0 N–H and O–H groups in total. The van der Waals surface area contributed by atoms with E-state index in [0.717, 1.165) is 6.07 Å². The van der Waals surface area contributed by atoms with Crippen molar-refractivity contribution in [3.8, 4) is 11.8 Å². The molecule has 3 aromatic carbocycles. The number of nitriles is 1. The van der Waals surface area contributed by atoms with Crippen LogP contribution in [0, 0.1) is 28.4 Å². The molecule has 0 aliphatic heterocycles. The second-order valence-electron chi connectivity index (χ2n) is 6.66. The number of esters is 1. The summed E-state index contributed by atoms with van der Waals surface area (Å²) in [5.74, 6) is -0.717. The zero-order chi connectivity index (χ0) is 23.3. The average molecular weight is 452 g/mol. The van der Waals surface area contributed by atoms with E-state index < -0.39 is 21.0 Å². The number of benzene rings is 3. The van der Waals surface area contributed by atoms with E-state index in [2.05, 4.69) is 0 Å². The van der Waals surface area contributed by atoms with Crippen LogP contribution in [0.5, 0.6) is 5.75 Å². The van der Waals surface area contributed by atoms with Gasteiger partial charge in [0.05, 0.1) is 22.1 Å². The van der Waals surface area contributed by atoms with Crippen molar-refractivity contribution in [2.45, 2.75) is 18.4 Å². The molecule has 9 nitrogen and oxygen atoms in total. The molecule has 162 valence electrons. The van der Waals surface area contributed by atoms with Crippen molar-refractivity contribution < 1.29 is 27.1 Å². The van der Waals surface area contributed by atoms with Gasteiger partial charge in [-0.15, -0.1) is 0 Å². The van der Waals surface area contributed by atoms with E-state index in [1.807, 2.05) is 6.07 Å². The van der Waals surface area contributed by atoms with Crippen LogP contribution in [0.15, 0.2) is 71.6 Å². The number of nitro benzene ring substituents is 1. The highest BCUT2D eigenvalue weighted by molar-refractivity contribution is 7.87. The van der Waals surface area contributed by atoms with Crippen molar-refractivity contribution in [3.63, 3.8) is 0 Å². The van der Waals surface area contributed by atoms with Crippen molar-refractivity contribution in [3.05, 3.63) is 99.1 Å². The lowest BCUT2D eigenvalue weighted by atomic mass is 10.1. The highest BCUT2D eigenvalue weighted by Crippen LogP contribution is 2.25. The minimum Gasteiger partial charge on any atom is -0.457 e. The van der Waals surface area contributed by atoms with Gasteiger partial charge in [-0.05, 0) is 54.4 Å². The molecular formula is C22H16N2O7S. The Hall–Kier alpha value is -4.23. The van der Waals surface area contributed by atoms with E-state index in [1.54, 1.807) is 24.3 Å². The summed E-state index contributed by atoms with van der Waals surface area (Å²) in [6.07, 6.45) is 0. The summed E-state index contributed by atoms with van der Waals surface area (Å²) in [5.41, 5.74) is 1.17. The van der Waals surface area contributed by atoms with Gasteiger partial charge in [0.1, 0.15) is 17.3 Å². The molecule has 0 saturated heterocycles. The SMILES string of the molecule is Cc1ccc([N+](=O)[O-])cc1S(=O)(=O)Oc1ccc(C(=O)OCc2cccc(C#N)c2)cc1. The van der Waals surface area contributed by atoms with E-state index >= 15 is 0 Å². The first-order valence-corrected chi connectivity index (χ1v) is 10.6. The smallest absolute Gasteiger partial charge is 0.339 e. The third kappa shape index (κ3) is 5.27. The number of nitrogens with zero attached hydrogens (tertiary/aromatic N) is 2. The predicted molar refractivity (Wildman–Crippen MR) is 112 cm³/mol. The maximum Gasteiger partial charge on any atom is 0.339 e. The average Bonchev–Trinajstić information content (AvgIpc) is 2.77. The van der Waals surface area contributed by atoms with Crippen molar-refractivity contribution in [2.75, 3.05) is 0 Å². The van der Waals surface area contributed by atoms with Crippen LogP contribution in [-0.2, 0) is 21.5 Å². The molecule has 0 aromatic heterocycles. The largest absolute Gasteiger partial charge is 0.457 e. The Bertz CT molecular complexity index is 1330. The van der Waals surface area contributed by atoms with Gasteiger partial charge in [-0.1, -0.05) is 18.2 Å². The van der Waals surface area contributed by atoms with Gasteiger partial charge in [0.2, 0.25) is 0 Å². The van der Waals surface area contributed by atoms with Gasteiger partial charge in [-0.3, -0.25) is 10.1 Å². The van der Waals surface area contributed by atoms with Crippen LogP contribution >= 0.6 is 0 Å². The summed E-state index contributed by atoms with van der Waals surface area (Å²) < 4.78 is 35.4. The van der Waals surface area contributed by atoms with Crippen molar-refractivity contribution in [1.29, 1.82) is 5.26 Å². The topological polar surface area (TPSA) is 137 Å². The zero-order valence-corrected chi connectivity index (χ0v) is 17.5. The van der Waals surface area contributed by atoms with Crippen LogP contribution < -0.4 is 4.18 Å². The van der Waals surface area contributed by atoms with Crippen LogP contribution in [-0.4, -0.2) is 19.3 Å². The number of hydrogen-bond donors (Lipinski definition) is 0. The molecule has 0 bridgehead atoms. The summed E-state index contributed by atoms with van der Waals surface area (Å²) >= 11 is 0. The lowest BCUT2D eigenvalue weighted by Crippen LogP contribution is -2.12. The van der Waals surface area contributed by atoms with E-state index in [9.17, 15) is 23.3 Å². The van der Waals surface area contributed by atoms with Gasteiger partial charge < -0.3 is 8.92 Å². The Balaban J connectivity index is 1.70. The molecule has 0 radical (unpaired) electrons. The van der Waals surface area contributed by atoms with E-state index in [1.165, 1.54) is 43.3 Å². The van der Waals surface area contributed by atoms with E-state index in [4.69, 9.17) is 14.2 Å². The monoisotopic (exact) mass is 452 g/mol. The lowest BCUT2D eigenvalue weighted by Gasteiger charge is -2.10. The fourth-order valence-electron chi connectivity index (χ4n) is 2.75. The van der Waals surface area contributed by atoms with Crippen molar-refractivity contribution in [2.24, 2.45) is 0 Å². The predicted octanol–water partition coefficient (Wildman–Crippen LogP) is 3.90. The first kappa shape index (κ1) is 22.5. The molecule has 0 saturated carbocycles. The number of nitro groups is 1. The minimum atomic E-state index is -4.33. The van der Waals surface area contributed by atoms with Gasteiger partial charge in [-0.25, -0.2) is 4.79 Å². The van der Waals surface area contributed by atoms with Crippen LogP contribution in [0.3, 0.4) is 0 Å². The Kier molecular flexibility index (Phi) is 6.51. The van der Waals surface area contributed by atoms with Gasteiger partial charge in [0.15, 0.2) is 0 Å².